The van der Waals surface area contributed by atoms with Crippen LogP contribution in [0.15, 0.2) is 29.1 Å². The number of hydrogen-bond donors (Lipinski definition) is 1. The first-order valence-electron chi connectivity index (χ1n) is 5.25. The molecule has 1 heterocycles. The van der Waals surface area contributed by atoms with Gasteiger partial charge in [-0.2, -0.15) is 0 Å². The number of terminal acetylenes is 1. The van der Waals surface area contributed by atoms with E-state index in [1.165, 1.54) is 0 Å². The third kappa shape index (κ3) is 2.35. The van der Waals surface area contributed by atoms with Gasteiger partial charge < -0.3 is 5.32 Å². The fourth-order valence-corrected chi connectivity index (χ4v) is 1.47. The molecule has 1 amide bonds. The van der Waals surface area contributed by atoms with Gasteiger partial charge in [0, 0.05) is 0 Å². The molecule has 0 unspecified atom stereocenters. The zero-order valence-electron chi connectivity index (χ0n) is 9.46. The van der Waals surface area contributed by atoms with Gasteiger partial charge in [0.25, 0.3) is 5.56 Å². The fourth-order valence-electron chi connectivity index (χ4n) is 1.47. The van der Waals surface area contributed by atoms with Crippen LogP contribution in [0.25, 0.3) is 10.9 Å². The van der Waals surface area contributed by atoms with E-state index >= 15 is 0 Å². The van der Waals surface area contributed by atoms with E-state index in [9.17, 15) is 9.59 Å². The average Bonchev–Trinajstić information content (AvgIpc) is 2.40. The minimum absolute atomic E-state index is 0.120. The molecule has 2 aromatic rings. The average molecular weight is 242 g/mol. The second-order valence-corrected chi connectivity index (χ2v) is 3.55. The summed E-state index contributed by atoms with van der Waals surface area (Å²) in [5, 5.41) is 10.4. The van der Waals surface area contributed by atoms with Crippen molar-refractivity contribution in [3.8, 4) is 12.3 Å². The summed E-state index contributed by atoms with van der Waals surface area (Å²) in [6.45, 7) is -0.0764. The Labute approximate surface area is 103 Å². The van der Waals surface area contributed by atoms with Crippen LogP contribution < -0.4 is 10.9 Å². The van der Waals surface area contributed by atoms with Gasteiger partial charge in [-0.15, -0.1) is 11.5 Å². The van der Waals surface area contributed by atoms with Crippen molar-refractivity contribution in [1.82, 2.24) is 20.3 Å². The second-order valence-electron chi connectivity index (χ2n) is 3.55. The molecule has 6 nitrogen and oxygen atoms in total. The van der Waals surface area contributed by atoms with Gasteiger partial charge in [0.05, 0.1) is 11.9 Å². The number of carbonyl (C=O) groups is 1. The molecule has 0 radical (unpaired) electrons. The van der Waals surface area contributed by atoms with Gasteiger partial charge in [0.15, 0.2) is 0 Å². The van der Waals surface area contributed by atoms with Gasteiger partial charge in [-0.05, 0) is 12.1 Å². The van der Waals surface area contributed by atoms with E-state index in [2.05, 4.69) is 21.5 Å². The van der Waals surface area contributed by atoms with Gasteiger partial charge in [0.2, 0.25) is 5.91 Å². The minimum atomic E-state index is -0.375. The number of amides is 1. The van der Waals surface area contributed by atoms with E-state index in [4.69, 9.17) is 6.42 Å². The van der Waals surface area contributed by atoms with Crippen molar-refractivity contribution in [2.45, 2.75) is 6.54 Å². The lowest BCUT2D eigenvalue weighted by molar-refractivity contribution is -0.121. The monoisotopic (exact) mass is 242 g/mol. The first-order valence-corrected chi connectivity index (χ1v) is 5.25. The summed E-state index contributed by atoms with van der Waals surface area (Å²) in [6.07, 6.45) is 5.01. The van der Waals surface area contributed by atoms with Crippen molar-refractivity contribution in [1.29, 1.82) is 0 Å². The summed E-state index contributed by atoms with van der Waals surface area (Å²) in [5.41, 5.74) is 0.152. The molecule has 0 saturated heterocycles. The summed E-state index contributed by atoms with van der Waals surface area (Å²) >= 11 is 0. The normalized spacial score (nSPS) is 9.94. The molecule has 90 valence electrons. The molecule has 0 atom stereocenters. The summed E-state index contributed by atoms with van der Waals surface area (Å²) in [7, 11) is 0. The topological polar surface area (TPSA) is 76.9 Å². The number of rotatable bonds is 3. The molecule has 0 bridgehead atoms. The van der Waals surface area contributed by atoms with Crippen molar-refractivity contribution in [2.75, 3.05) is 6.54 Å². The van der Waals surface area contributed by atoms with Crippen LogP contribution in [0.5, 0.6) is 0 Å². The fraction of sp³-hybridized carbons (Fsp3) is 0.167. The Kier molecular flexibility index (Phi) is 3.34. The smallest absolute Gasteiger partial charge is 0.278 e. The second kappa shape index (κ2) is 5.10. The molecule has 0 fully saturated rings. The van der Waals surface area contributed by atoms with E-state index in [0.717, 1.165) is 4.68 Å². The highest BCUT2D eigenvalue weighted by atomic mass is 16.2. The quantitative estimate of drug-likeness (QED) is 0.739. The molecule has 0 aliphatic carbocycles. The van der Waals surface area contributed by atoms with E-state index in [1.54, 1.807) is 24.3 Å². The molecule has 0 spiro atoms. The van der Waals surface area contributed by atoms with Crippen LogP contribution in [0, 0.1) is 12.3 Å². The predicted octanol–water partition coefficient (Wildman–Crippen LogP) is -0.459. The van der Waals surface area contributed by atoms with Crippen LogP contribution in [-0.2, 0) is 11.3 Å². The molecule has 0 aliphatic rings. The van der Waals surface area contributed by atoms with Gasteiger partial charge in [-0.1, -0.05) is 23.3 Å². The highest BCUT2D eigenvalue weighted by molar-refractivity contribution is 5.78. The van der Waals surface area contributed by atoms with Crippen LogP contribution in [0.4, 0.5) is 0 Å². The van der Waals surface area contributed by atoms with Crippen molar-refractivity contribution in [2.24, 2.45) is 0 Å². The van der Waals surface area contributed by atoms with Crippen LogP contribution in [-0.4, -0.2) is 27.4 Å². The summed E-state index contributed by atoms with van der Waals surface area (Å²) in [5.74, 6) is 1.90. The first-order chi connectivity index (χ1) is 8.72. The zero-order chi connectivity index (χ0) is 13.0. The lowest BCUT2D eigenvalue weighted by atomic mass is 10.2. The molecule has 0 aliphatic heterocycles. The molecule has 1 aromatic heterocycles. The number of fused-ring (bicyclic) bond motifs is 1. The maximum absolute atomic E-state index is 12.0. The maximum Gasteiger partial charge on any atom is 0.278 e. The standard InChI is InChI=1S/C12H10N4O2/c1-2-7-13-11(17)8-16-12(18)9-5-3-4-6-10(9)14-15-16/h1,3-6H,7-8H2,(H,13,17). The van der Waals surface area contributed by atoms with Crippen molar-refractivity contribution in [3.05, 3.63) is 34.6 Å². The van der Waals surface area contributed by atoms with Crippen LogP contribution in [0.1, 0.15) is 0 Å². The third-order valence-corrected chi connectivity index (χ3v) is 2.31. The Morgan fingerprint density at radius 1 is 1.44 bits per heavy atom. The van der Waals surface area contributed by atoms with E-state index < -0.39 is 0 Å². The summed E-state index contributed by atoms with van der Waals surface area (Å²) in [4.78, 5) is 23.4. The Hall–Kier alpha value is -2.68. The van der Waals surface area contributed by atoms with Crippen molar-refractivity contribution in [3.63, 3.8) is 0 Å². The maximum atomic E-state index is 12.0. The number of carbonyl (C=O) groups excluding carboxylic acids is 1. The van der Waals surface area contributed by atoms with E-state index in [-0.39, 0.29) is 24.6 Å². The number of nitrogens with zero attached hydrogens (tertiary/aromatic N) is 3. The molecule has 2 rings (SSSR count). The first kappa shape index (κ1) is 11.8. The molecular formula is C12H10N4O2. The van der Waals surface area contributed by atoms with Gasteiger partial charge in [-0.3, -0.25) is 9.59 Å². The Morgan fingerprint density at radius 3 is 3.00 bits per heavy atom. The Balaban J connectivity index is 2.30. The van der Waals surface area contributed by atoms with Crippen LogP contribution in [0.3, 0.4) is 0 Å². The Bertz CT molecular complexity index is 684. The largest absolute Gasteiger partial charge is 0.344 e. The molecule has 0 saturated carbocycles. The lowest BCUT2D eigenvalue weighted by Crippen LogP contribution is -2.34. The van der Waals surface area contributed by atoms with Crippen molar-refractivity contribution >= 4 is 16.8 Å². The lowest BCUT2D eigenvalue weighted by Gasteiger charge is -2.04. The third-order valence-electron chi connectivity index (χ3n) is 2.31. The highest BCUT2D eigenvalue weighted by Crippen LogP contribution is 2.02. The SMILES string of the molecule is C#CCNC(=O)Cn1nnc2ccccc2c1=O. The van der Waals surface area contributed by atoms with Gasteiger partial charge in [-0.25, -0.2) is 4.68 Å². The molecule has 18 heavy (non-hydrogen) atoms. The van der Waals surface area contributed by atoms with E-state index in [1.807, 2.05) is 0 Å². The number of aromatic nitrogens is 3. The van der Waals surface area contributed by atoms with Crippen molar-refractivity contribution < 1.29 is 4.79 Å². The summed E-state index contributed by atoms with van der Waals surface area (Å²) in [6, 6.07) is 6.82. The molecular weight excluding hydrogens is 232 g/mol. The molecule has 6 heteroatoms. The predicted molar refractivity (Wildman–Crippen MR) is 65.6 cm³/mol. The van der Waals surface area contributed by atoms with Crippen LogP contribution in [0.2, 0.25) is 0 Å². The van der Waals surface area contributed by atoms with Gasteiger partial charge >= 0.3 is 0 Å². The summed E-state index contributed by atoms with van der Waals surface area (Å²) < 4.78 is 1.01. The number of nitrogens with one attached hydrogen (secondary N) is 1. The zero-order valence-corrected chi connectivity index (χ0v) is 9.46. The molecule has 1 aromatic carbocycles. The van der Waals surface area contributed by atoms with Gasteiger partial charge in [0.1, 0.15) is 12.1 Å². The Morgan fingerprint density at radius 2 is 2.22 bits per heavy atom. The minimum Gasteiger partial charge on any atom is -0.344 e. The van der Waals surface area contributed by atoms with Crippen LogP contribution >= 0.6 is 0 Å². The van der Waals surface area contributed by atoms with E-state index in [0.29, 0.717) is 10.9 Å². The number of benzene rings is 1. The molecule has 1 N–H and O–H groups in total. The number of hydrogen-bond acceptors (Lipinski definition) is 4. The highest BCUT2D eigenvalue weighted by Gasteiger charge is 2.08.